The van der Waals surface area contributed by atoms with Crippen LogP contribution in [0, 0.1) is 12.8 Å². The monoisotopic (exact) mass is 331 g/mol. The van der Waals surface area contributed by atoms with E-state index < -0.39 is 0 Å². The molecule has 0 bridgehead atoms. The van der Waals surface area contributed by atoms with E-state index in [9.17, 15) is 4.79 Å². The molecule has 0 radical (unpaired) electrons. The Bertz CT molecular complexity index is 684. The SMILES string of the molecule is Cc1sc(N)c(C(=O)OC(C)C)c1-c1ccc(CC(C)C)cc1. The van der Waals surface area contributed by atoms with E-state index in [0.717, 1.165) is 22.4 Å². The van der Waals surface area contributed by atoms with Gasteiger partial charge in [0.15, 0.2) is 0 Å². The van der Waals surface area contributed by atoms with Gasteiger partial charge >= 0.3 is 5.97 Å². The molecule has 2 N–H and O–H groups in total. The van der Waals surface area contributed by atoms with Crippen LogP contribution < -0.4 is 5.73 Å². The van der Waals surface area contributed by atoms with Crippen molar-refractivity contribution in [2.75, 3.05) is 5.73 Å². The topological polar surface area (TPSA) is 52.3 Å². The molecule has 1 aromatic carbocycles. The van der Waals surface area contributed by atoms with Crippen molar-refractivity contribution in [2.45, 2.75) is 47.1 Å². The average molecular weight is 331 g/mol. The van der Waals surface area contributed by atoms with Crippen LogP contribution in [0.2, 0.25) is 0 Å². The molecule has 0 aliphatic carbocycles. The predicted octanol–water partition coefficient (Wildman–Crippen LogP) is 5.07. The minimum atomic E-state index is -0.344. The summed E-state index contributed by atoms with van der Waals surface area (Å²) in [5, 5.41) is 0.523. The number of thiophene rings is 1. The van der Waals surface area contributed by atoms with Gasteiger partial charge < -0.3 is 10.5 Å². The summed E-state index contributed by atoms with van der Waals surface area (Å²) < 4.78 is 5.36. The zero-order chi connectivity index (χ0) is 17.1. The molecule has 4 heteroatoms. The first-order chi connectivity index (χ1) is 10.8. The molecule has 0 unspecified atom stereocenters. The maximum atomic E-state index is 12.4. The van der Waals surface area contributed by atoms with E-state index in [1.54, 1.807) is 0 Å². The average Bonchev–Trinajstić information content (AvgIpc) is 2.73. The Morgan fingerprint density at radius 1 is 1.17 bits per heavy atom. The fourth-order valence-corrected chi connectivity index (χ4v) is 3.61. The van der Waals surface area contributed by atoms with Gasteiger partial charge in [-0.05, 0) is 44.2 Å². The van der Waals surface area contributed by atoms with Gasteiger partial charge in [0.2, 0.25) is 0 Å². The third-order valence-electron chi connectivity index (χ3n) is 3.54. The predicted molar refractivity (Wildman–Crippen MR) is 98.0 cm³/mol. The molecule has 0 saturated heterocycles. The van der Waals surface area contributed by atoms with Crippen molar-refractivity contribution >= 4 is 22.3 Å². The lowest BCUT2D eigenvalue weighted by molar-refractivity contribution is 0.0380. The number of nitrogens with two attached hydrogens (primary N) is 1. The van der Waals surface area contributed by atoms with Crippen molar-refractivity contribution in [3.63, 3.8) is 0 Å². The first kappa shape index (κ1) is 17.5. The third-order valence-corrected chi connectivity index (χ3v) is 4.48. The molecule has 3 nitrogen and oxygen atoms in total. The van der Waals surface area contributed by atoms with Crippen LogP contribution in [0.5, 0.6) is 0 Å². The first-order valence-corrected chi connectivity index (χ1v) is 8.80. The molecule has 0 aliphatic rings. The van der Waals surface area contributed by atoms with Gasteiger partial charge in [0.05, 0.1) is 6.10 Å². The highest BCUT2D eigenvalue weighted by Crippen LogP contribution is 2.38. The van der Waals surface area contributed by atoms with Gasteiger partial charge in [-0.1, -0.05) is 38.1 Å². The summed E-state index contributed by atoms with van der Waals surface area (Å²) in [5.74, 6) is 0.277. The van der Waals surface area contributed by atoms with Crippen molar-refractivity contribution in [2.24, 2.45) is 5.92 Å². The van der Waals surface area contributed by atoms with Crippen LogP contribution in [-0.4, -0.2) is 12.1 Å². The number of anilines is 1. The van der Waals surface area contributed by atoms with Gasteiger partial charge in [-0.3, -0.25) is 0 Å². The van der Waals surface area contributed by atoms with E-state index in [4.69, 9.17) is 10.5 Å². The molecule has 1 heterocycles. The van der Waals surface area contributed by atoms with Crippen LogP contribution in [0.3, 0.4) is 0 Å². The maximum Gasteiger partial charge on any atom is 0.342 e. The molecule has 0 aliphatic heterocycles. The van der Waals surface area contributed by atoms with Crippen molar-refractivity contribution in [1.29, 1.82) is 0 Å². The molecule has 2 aromatic rings. The highest BCUT2D eigenvalue weighted by molar-refractivity contribution is 7.16. The van der Waals surface area contributed by atoms with Crippen molar-refractivity contribution in [3.8, 4) is 11.1 Å². The highest BCUT2D eigenvalue weighted by Gasteiger charge is 2.23. The highest BCUT2D eigenvalue weighted by atomic mass is 32.1. The molecular weight excluding hydrogens is 306 g/mol. The Kier molecular flexibility index (Phi) is 5.47. The normalized spacial score (nSPS) is 11.3. The van der Waals surface area contributed by atoms with Gasteiger partial charge in [0.25, 0.3) is 0 Å². The van der Waals surface area contributed by atoms with Crippen molar-refractivity contribution in [1.82, 2.24) is 0 Å². The second-order valence-electron chi connectivity index (χ2n) is 6.52. The Hall–Kier alpha value is -1.81. The molecular formula is C19H25NO2S. The van der Waals surface area contributed by atoms with E-state index >= 15 is 0 Å². The van der Waals surface area contributed by atoms with Crippen LogP contribution >= 0.6 is 11.3 Å². The maximum absolute atomic E-state index is 12.4. The number of rotatable bonds is 5. The first-order valence-electron chi connectivity index (χ1n) is 7.98. The van der Waals surface area contributed by atoms with Crippen LogP contribution in [0.4, 0.5) is 5.00 Å². The Balaban J connectivity index is 2.41. The fraction of sp³-hybridized carbons (Fsp3) is 0.421. The molecule has 0 fully saturated rings. The number of benzene rings is 1. The largest absolute Gasteiger partial charge is 0.459 e. The zero-order valence-corrected chi connectivity index (χ0v) is 15.3. The fourth-order valence-electron chi connectivity index (χ4n) is 2.67. The van der Waals surface area contributed by atoms with Gasteiger partial charge in [0, 0.05) is 10.4 Å². The summed E-state index contributed by atoms with van der Waals surface area (Å²) in [6, 6.07) is 8.39. The Labute approximate surface area is 142 Å². The van der Waals surface area contributed by atoms with Crippen molar-refractivity contribution in [3.05, 3.63) is 40.3 Å². The Morgan fingerprint density at radius 2 is 1.78 bits per heavy atom. The summed E-state index contributed by atoms with van der Waals surface area (Å²) in [6.07, 6.45) is 0.885. The Morgan fingerprint density at radius 3 is 2.30 bits per heavy atom. The summed E-state index contributed by atoms with van der Waals surface area (Å²) in [6.45, 7) is 10.1. The van der Waals surface area contributed by atoms with Gasteiger partial charge in [-0.15, -0.1) is 11.3 Å². The number of hydrogen-bond acceptors (Lipinski definition) is 4. The number of hydrogen-bond donors (Lipinski definition) is 1. The molecule has 0 saturated carbocycles. The molecule has 0 amide bonds. The summed E-state index contributed by atoms with van der Waals surface area (Å²) >= 11 is 1.44. The second-order valence-corrected chi connectivity index (χ2v) is 7.78. The van der Waals surface area contributed by atoms with E-state index in [2.05, 4.69) is 38.1 Å². The number of esters is 1. The molecule has 1 aromatic heterocycles. The summed E-state index contributed by atoms with van der Waals surface area (Å²) in [5.41, 5.74) is 9.78. The number of ether oxygens (including phenoxy) is 1. The lowest BCUT2D eigenvalue weighted by Gasteiger charge is -2.11. The standard InChI is InChI=1S/C19H25NO2S/c1-11(2)10-14-6-8-15(9-7-14)16-13(5)23-18(20)17(16)19(21)22-12(3)4/h6-9,11-12H,10,20H2,1-5H3. The minimum absolute atomic E-state index is 0.164. The third kappa shape index (κ3) is 4.14. The molecule has 2 rings (SSSR count). The lowest BCUT2D eigenvalue weighted by Crippen LogP contribution is -2.13. The molecule has 23 heavy (non-hydrogen) atoms. The van der Waals surface area contributed by atoms with Gasteiger partial charge in [0.1, 0.15) is 10.6 Å². The van der Waals surface area contributed by atoms with E-state index in [1.807, 2.05) is 20.8 Å². The van der Waals surface area contributed by atoms with E-state index in [1.165, 1.54) is 16.9 Å². The van der Waals surface area contributed by atoms with Crippen LogP contribution in [0.1, 0.15) is 48.5 Å². The smallest absolute Gasteiger partial charge is 0.342 e. The summed E-state index contributed by atoms with van der Waals surface area (Å²) in [7, 11) is 0. The second kappa shape index (κ2) is 7.18. The molecule has 124 valence electrons. The van der Waals surface area contributed by atoms with Crippen LogP contribution in [0.15, 0.2) is 24.3 Å². The van der Waals surface area contributed by atoms with E-state index in [0.29, 0.717) is 16.5 Å². The minimum Gasteiger partial charge on any atom is -0.459 e. The number of carbonyl (C=O) groups excluding carboxylic acids is 1. The number of nitrogen functional groups attached to an aromatic ring is 1. The van der Waals surface area contributed by atoms with Crippen LogP contribution in [-0.2, 0) is 11.2 Å². The summed E-state index contributed by atoms with van der Waals surface area (Å²) in [4.78, 5) is 13.4. The quantitative estimate of drug-likeness (QED) is 0.778. The van der Waals surface area contributed by atoms with Crippen molar-refractivity contribution < 1.29 is 9.53 Å². The van der Waals surface area contributed by atoms with Gasteiger partial charge in [-0.2, -0.15) is 0 Å². The van der Waals surface area contributed by atoms with Crippen LogP contribution in [0.25, 0.3) is 11.1 Å². The molecule has 0 spiro atoms. The number of carbonyl (C=O) groups is 1. The van der Waals surface area contributed by atoms with E-state index in [-0.39, 0.29) is 12.1 Å². The lowest BCUT2D eigenvalue weighted by atomic mass is 9.97. The number of aryl methyl sites for hydroxylation is 1. The zero-order valence-electron chi connectivity index (χ0n) is 14.5. The van der Waals surface area contributed by atoms with Gasteiger partial charge in [-0.25, -0.2) is 4.79 Å². The molecule has 0 atom stereocenters.